The van der Waals surface area contributed by atoms with Crippen molar-refractivity contribution in [1.82, 2.24) is 9.55 Å². The van der Waals surface area contributed by atoms with E-state index >= 15 is 0 Å². The van der Waals surface area contributed by atoms with Crippen LogP contribution in [0.15, 0.2) is 6.07 Å². The van der Waals surface area contributed by atoms with E-state index in [1.54, 1.807) is 33.9 Å². The normalized spacial score (nSPS) is 10.8. The molecule has 0 aliphatic heterocycles. The highest BCUT2D eigenvalue weighted by molar-refractivity contribution is 6.02. The van der Waals surface area contributed by atoms with Crippen LogP contribution in [-0.4, -0.2) is 54.2 Å². The number of esters is 2. The Kier molecular flexibility index (Phi) is 7.39. The van der Waals surface area contributed by atoms with E-state index in [9.17, 15) is 14.4 Å². The molecule has 0 unspecified atom stereocenters. The van der Waals surface area contributed by atoms with Gasteiger partial charge in [-0.3, -0.25) is 4.79 Å². The largest absolute Gasteiger partial charge is 0.462 e. The third kappa shape index (κ3) is 4.76. The molecular weight excluding hydrogens is 376 g/mol. The third-order valence-electron chi connectivity index (χ3n) is 4.85. The van der Waals surface area contributed by atoms with Crippen LogP contribution in [0.4, 0.5) is 0 Å². The highest BCUT2D eigenvalue weighted by Gasteiger charge is 2.25. The summed E-state index contributed by atoms with van der Waals surface area (Å²) >= 11 is 0. The van der Waals surface area contributed by atoms with E-state index in [0.717, 1.165) is 11.4 Å². The monoisotopic (exact) mass is 404 g/mol. The lowest BCUT2D eigenvalue weighted by atomic mass is 10.1. The number of nitrogens with zero attached hydrogens (tertiary/aromatic N) is 1. The molecule has 0 aromatic carbocycles. The molecule has 0 saturated carbocycles. The molecule has 1 N–H and O–H groups in total. The number of aromatic nitrogens is 2. The number of nitrogens with one attached hydrogen (secondary N) is 1. The van der Waals surface area contributed by atoms with Crippen LogP contribution < -0.4 is 0 Å². The van der Waals surface area contributed by atoms with Gasteiger partial charge in [-0.2, -0.15) is 0 Å². The molecule has 0 bridgehead atoms. The second-order valence-corrected chi connectivity index (χ2v) is 6.77. The maximum absolute atomic E-state index is 12.6. The Morgan fingerprint density at radius 1 is 1.07 bits per heavy atom. The van der Waals surface area contributed by atoms with Crippen molar-refractivity contribution in [3.8, 4) is 0 Å². The number of methoxy groups -OCH3 is 1. The molecule has 0 saturated heterocycles. The standard InChI is InChI=1S/C21H28N2O6/c1-7-28-20(25)18-13(3)19(22-14(18)4)21(26)29-11-17(24)16-10-12(2)23(15(16)5)8-9-27-6/h10,22H,7-9,11H2,1-6H3. The summed E-state index contributed by atoms with van der Waals surface area (Å²) in [4.78, 5) is 40.0. The molecule has 2 rings (SSSR count). The van der Waals surface area contributed by atoms with Crippen LogP contribution in [0, 0.1) is 27.7 Å². The molecular formula is C21H28N2O6. The Balaban J connectivity index is 2.11. The van der Waals surface area contributed by atoms with Gasteiger partial charge in [0.1, 0.15) is 5.69 Å². The maximum atomic E-state index is 12.6. The molecule has 0 fully saturated rings. The van der Waals surface area contributed by atoms with Gasteiger partial charge in [0, 0.05) is 36.3 Å². The summed E-state index contributed by atoms with van der Waals surface area (Å²) in [6.07, 6.45) is 0. The minimum absolute atomic E-state index is 0.143. The average molecular weight is 404 g/mol. The molecule has 0 aliphatic rings. The number of Topliss-reactive ketones (excluding diaryl/α,β-unsaturated/α-hetero) is 1. The first-order valence-corrected chi connectivity index (χ1v) is 9.45. The van der Waals surface area contributed by atoms with E-state index in [2.05, 4.69) is 4.98 Å². The van der Waals surface area contributed by atoms with Crippen molar-refractivity contribution in [2.45, 2.75) is 41.2 Å². The highest BCUT2D eigenvalue weighted by atomic mass is 16.5. The minimum Gasteiger partial charge on any atom is -0.462 e. The van der Waals surface area contributed by atoms with Crippen LogP contribution in [0.25, 0.3) is 0 Å². The minimum atomic E-state index is -0.692. The Hall–Kier alpha value is -2.87. The van der Waals surface area contributed by atoms with Gasteiger partial charge < -0.3 is 23.8 Å². The third-order valence-corrected chi connectivity index (χ3v) is 4.85. The molecule has 29 heavy (non-hydrogen) atoms. The fraction of sp³-hybridized carbons (Fsp3) is 0.476. The van der Waals surface area contributed by atoms with Crippen molar-refractivity contribution in [3.05, 3.63) is 45.5 Å². The van der Waals surface area contributed by atoms with Crippen molar-refractivity contribution in [3.63, 3.8) is 0 Å². The molecule has 0 atom stereocenters. The lowest BCUT2D eigenvalue weighted by Gasteiger charge is -2.09. The Morgan fingerprint density at radius 3 is 2.38 bits per heavy atom. The quantitative estimate of drug-likeness (QED) is 0.510. The topological polar surface area (TPSA) is 99.6 Å². The van der Waals surface area contributed by atoms with Crippen molar-refractivity contribution in [1.29, 1.82) is 0 Å². The Morgan fingerprint density at radius 2 is 1.76 bits per heavy atom. The predicted molar refractivity (Wildman–Crippen MR) is 107 cm³/mol. The summed E-state index contributed by atoms with van der Waals surface area (Å²) in [6.45, 7) is 9.80. The van der Waals surface area contributed by atoms with Gasteiger partial charge >= 0.3 is 11.9 Å². The molecule has 2 aromatic heterocycles. The van der Waals surface area contributed by atoms with Gasteiger partial charge in [-0.25, -0.2) is 9.59 Å². The molecule has 2 aromatic rings. The van der Waals surface area contributed by atoms with Crippen LogP contribution in [-0.2, 0) is 20.8 Å². The SMILES string of the molecule is CCOC(=O)c1c(C)[nH]c(C(=O)OCC(=O)c2cc(C)n(CCOC)c2C)c1C. The number of ether oxygens (including phenoxy) is 3. The van der Waals surface area contributed by atoms with Gasteiger partial charge in [0.2, 0.25) is 5.78 Å². The fourth-order valence-corrected chi connectivity index (χ4v) is 3.35. The van der Waals surface area contributed by atoms with Crippen molar-refractivity contribution < 1.29 is 28.6 Å². The summed E-state index contributed by atoms with van der Waals surface area (Å²) in [5.41, 5.74) is 3.66. The number of hydrogen-bond acceptors (Lipinski definition) is 6. The van der Waals surface area contributed by atoms with Crippen LogP contribution >= 0.6 is 0 Å². The van der Waals surface area contributed by atoms with Crippen LogP contribution in [0.3, 0.4) is 0 Å². The number of hydrogen-bond donors (Lipinski definition) is 1. The number of aromatic amines is 1. The molecule has 0 amide bonds. The molecule has 0 radical (unpaired) electrons. The molecule has 0 spiro atoms. The van der Waals surface area contributed by atoms with E-state index in [4.69, 9.17) is 14.2 Å². The van der Waals surface area contributed by atoms with E-state index < -0.39 is 11.9 Å². The van der Waals surface area contributed by atoms with E-state index in [0.29, 0.717) is 35.5 Å². The summed E-state index contributed by atoms with van der Waals surface area (Å²) in [5.74, 6) is -1.48. The van der Waals surface area contributed by atoms with E-state index in [1.807, 2.05) is 18.4 Å². The maximum Gasteiger partial charge on any atom is 0.355 e. The van der Waals surface area contributed by atoms with Gasteiger partial charge in [-0.05, 0) is 46.2 Å². The average Bonchev–Trinajstić information content (AvgIpc) is 3.13. The molecule has 8 nitrogen and oxygen atoms in total. The van der Waals surface area contributed by atoms with Gasteiger partial charge in [0.25, 0.3) is 0 Å². The number of rotatable bonds is 9. The lowest BCUT2D eigenvalue weighted by Crippen LogP contribution is -2.16. The van der Waals surface area contributed by atoms with Crippen molar-refractivity contribution >= 4 is 17.7 Å². The summed E-state index contributed by atoms with van der Waals surface area (Å²) in [7, 11) is 1.62. The smallest absolute Gasteiger partial charge is 0.355 e. The second-order valence-electron chi connectivity index (χ2n) is 6.77. The second kappa shape index (κ2) is 9.56. The van der Waals surface area contributed by atoms with Crippen molar-refractivity contribution in [2.24, 2.45) is 0 Å². The molecule has 8 heteroatoms. The number of ketones is 1. The highest BCUT2D eigenvalue weighted by Crippen LogP contribution is 2.20. The van der Waals surface area contributed by atoms with Crippen LogP contribution in [0.1, 0.15) is 60.8 Å². The zero-order valence-electron chi connectivity index (χ0n) is 17.8. The van der Waals surface area contributed by atoms with Gasteiger partial charge in [0.15, 0.2) is 6.61 Å². The Bertz CT molecular complexity index is 922. The number of carbonyl (C=O) groups is 3. The zero-order chi connectivity index (χ0) is 21.7. The molecule has 158 valence electrons. The zero-order valence-corrected chi connectivity index (χ0v) is 17.8. The number of carbonyl (C=O) groups excluding carboxylic acids is 3. The van der Waals surface area contributed by atoms with Gasteiger partial charge in [0.05, 0.1) is 18.8 Å². The van der Waals surface area contributed by atoms with Gasteiger partial charge in [-0.15, -0.1) is 0 Å². The van der Waals surface area contributed by atoms with Crippen molar-refractivity contribution in [2.75, 3.05) is 26.9 Å². The first-order valence-electron chi connectivity index (χ1n) is 9.45. The fourth-order valence-electron chi connectivity index (χ4n) is 3.35. The molecule has 0 aliphatic carbocycles. The number of H-pyrrole nitrogens is 1. The predicted octanol–water partition coefficient (Wildman–Crippen LogP) is 2.91. The van der Waals surface area contributed by atoms with E-state index in [1.165, 1.54) is 0 Å². The van der Waals surface area contributed by atoms with Crippen LogP contribution in [0.5, 0.6) is 0 Å². The first kappa shape index (κ1) is 22.4. The van der Waals surface area contributed by atoms with Crippen LogP contribution in [0.2, 0.25) is 0 Å². The summed E-state index contributed by atoms with van der Waals surface area (Å²) < 4.78 is 17.3. The summed E-state index contributed by atoms with van der Waals surface area (Å²) in [5, 5.41) is 0. The van der Waals surface area contributed by atoms with Gasteiger partial charge in [-0.1, -0.05) is 0 Å². The Labute approximate surface area is 170 Å². The first-order chi connectivity index (χ1) is 13.7. The molecule has 2 heterocycles. The summed E-state index contributed by atoms with van der Waals surface area (Å²) in [6, 6.07) is 1.78. The lowest BCUT2D eigenvalue weighted by molar-refractivity contribution is 0.0468. The van der Waals surface area contributed by atoms with E-state index in [-0.39, 0.29) is 24.7 Å². The number of aryl methyl sites for hydroxylation is 2.